The van der Waals surface area contributed by atoms with Crippen molar-refractivity contribution in [1.29, 1.82) is 0 Å². The molecule has 0 radical (unpaired) electrons. The molecule has 3 aromatic rings. The van der Waals surface area contributed by atoms with Crippen molar-refractivity contribution in [3.05, 3.63) is 57.1 Å². The Morgan fingerprint density at radius 3 is 2.62 bits per heavy atom. The van der Waals surface area contributed by atoms with Crippen molar-refractivity contribution in [1.82, 2.24) is 14.5 Å². The van der Waals surface area contributed by atoms with Gasteiger partial charge < -0.3 is 5.11 Å². The van der Waals surface area contributed by atoms with Crippen molar-refractivity contribution in [3.8, 4) is 11.3 Å². The number of hydrogen-bond donors (Lipinski definition) is 2. The smallest absolute Gasteiger partial charge is 0.336 e. The fraction of sp³-hybridized carbons (Fsp3) is 0.176. The van der Waals surface area contributed by atoms with E-state index in [2.05, 4.69) is 9.97 Å². The van der Waals surface area contributed by atoms with E-state index in [0.717, 1.165) is 18.4 Å². The van der Waals surface area contributed by atoms with Crippen LogP contribution in [0.25, 0.3) is 22.3 Å². The number of H-pyrrole nitrogens is 1. The zero-order valence-corrected chi connectivity index (χ0v) is 13.3. The highest BCUT2D eigenvalue weighted by atomic mass is 32.1. The lowest BCUT2D eigenvalue weighted by Gasteiger charge is -2.12. The molecule has 1 aliphatic carbocycles. The van der Waals surface area contributed by atoms with Crippen LogP contribution in [-0.4, -0.2) is 25.6 Å². The van der Waals surface area contributed by atoms with Crippen LogP contribution in [0.3, 0.4) is 0 Å². The molecule has 0 atom stereocenters. The number of benzene rings is 1. The maximum absolute atomic E-state index is 12.3. The van der Waals surface area contributed by atoms with Crippen LogP contribution >= 0.6 is 12.2 Å². The van der Waals surface area contributed by atoms with Gasteiger partial charge in [0.05, 0.1) is 16.6 Å². The number of carbonyl (C=O) groups is 1. The molecule has 0 amide bonds. The third-order valence-electron chi connectivity index (χ3n) is 4.11. The highest BCUT2D eigenvalue weighted by Crippen LogP contribution is 2.37. The molecule has 0 saturated heterocycles. The fourth-order valence-electron chi connectivity index (χ4n) is 2.84. The predicted molar refractivity (Wildman–Crippen MR) is 91.9 cm³/mol. The summed E-state index contributed by atoms with van der Waals surface area (Å²) in [7, 11) is 0. The number of carboxylic acids is 1. The van der Waals surface area contributed by atoms with Crippen molar-refractivity contribution in [3.63, 3.8) is 0 Å². The summed E-state index contributed by atoms with van der Waals surface area (Å²) in [5, 5.41) is 9.65. The summed E-state index contributed by atoms with van der Waals surface area (Å²) in [5.41, 5.74) is 1.05. The summed E-state index contributed by atoms with van der Waals surface area (Å²) in [4.78, 5) is 31.2. The summed E-state index contributed by atoms with van der Waals surface area (Å²) >= 11 is 5.27. The minimum absolute atomic E-state index is 0.0653. The van der Waals surface area contributed by atoms with Gasteiger partial charge in [0.25, 0.3) is 5.56 Å². The third kappa shape index (κ3) is 2.33. The lowest BCUT2D eigenvalue weighted by molar-refractivity contribution is 0.0699. The average molecular weight is 339 g/mol. The summed E-state index contributed by atoms with van der Waals surface area (Å²) in [6, 6.07) is 10.9. The second kappa shape index (κ2) is 5.38. The van der Waals surface area contributed by atoms with Gasteiger partial charge in [-0.25, -0.2) is 9.78 Å². The molecule has 2 aromatic heterocycles. The van der Waals surface area contributed by atoms with Crippen LogP contribution in [0.5, 0.6) is 0 Å². The molecule has 6 nitrogen and oxygen atoms in total. The SMILES string of the molecule is O=C(O)c1cc(-c2ccccc2)nc2c1c(=O)[nH]c(=S)n2C1CC1. The molecular weight excluding hydrogens is 326 g/mol. The first kappa shape index (κ1) is 14.8. The van der Waals surface area contributed by atoms with Gasteiger partial charge in [0.15, 0.2) is 4.77 Å². The Morgan fingerprint density at radius 1 is 1.29 bits per heavy atom. The van der Waals surface area contributed by atoms with E-state index in [0.29, 0.717) is 11.3 Å². The minimum Gasteiger partial charge on any atom is -0.478 e. The van der Waals surface area contributed by atoms with Crippen LogP contribution in [0.2, 0.25) is 0 Å². The van der Waals surface area contributed by atoms with E-state index in [1.165, 1.54) is 6.07 Å². The second-order valence-electron chi connectivity index (χ2n) is 5.79. The largest absolute Gasteiger partial charge is 0.478 e. The Bertz CT molecular complexity index is 1080. The van der Waals surface area contributed by atoms with Crippen LogP contribution in [0.4, 0.5) is 0 Å². The maximum Gasteiger partial charge on any atom is 0.336 e. The van der Waals surface area contributed by atoms with E-state index in [1.54, 1.807) is 4.57 Å². The lowest BCUT2D eigenvalue weighted by Crippen LogP contribution is -2.18. The predicted octanol–water partition coefficient (Wildman–Crippen LogP) is 3.15. The molecule has 7 heteroatoms. The van der Waals surface area contributed by atoms with Gasteiger partial charge in [-0.3, -0.25) is 14.3 Å². The van der Waals surface area contributed by atoms with Crippen molar-refractivity contribution < 1.29 is 9.90 Å². The normalized spacial score (nSPS) is 14.0. The Labute approximate surface area is 141 Å². The zero-order valence-electron chi connectivity index (χ0n) is 12.5. The molecule has 0 spiro atoms. The first-order valence-corrected chi connectivity index (χ1v) is 7.95. The highest BCUT2D eigenvalue weighted by Gasteiger charge is 2.28. The second-order valence-corrected chi connectivity index (χ2v) is 6.17. The van der Waals surface area contributed by atoms with Gasteiger partial charge in [0.2, 0.25) is 0 Å². The summed E-state index contributed by atoms with van der Waals surface area (Å²) in [5.74, 6) is -1.16. The number of aromatic nitrogens is 3. The van der Waals surface area contributed by atoms with Crippen LogP contribution in [0.1, 0.15) is 29.2 Å². The standard InChI is InChI=1S/C17H13N3O3S/c21-15-13-11(16(22)23)8-12(9-4-2-1-3-5-9)18-14(13)20(10-6-7-10)17(24)19-15/h1-5,8,10H,6-7H2,(H,22,23)(H,19,21,24). The summed E-state index contributed by atoms with van der Waals surface area (Å²) in [6.45, 7) is 0. The van der Waals surface area contributed by atoms with E-state index in [4.69, 9.17) is 12.2 Å². The van der Waals surface area contributed by atoms with Crippen molar-refractivity contribution >= 4 is 29.2 Å². The lowest BCUT2D eigenvalue weighted by atomic mass is 10.1. The molecule has 1 aliphatic rings. The molecule has 0 unspecified atom stereocenters. The molecule has 1 fully saturated rings. The number of rotatable bonds is 3. The zero-order chi connectivity index (χ0) is 16.8. The number of hydrogen-bond acceptors (Lipinski definition) is 4. The Balaban J connectivity index is 2.15. The van der Waals surface area contributed by atoms with E-state index in [9.17, 15) is 14.7 Å². The molecule has 1 saturated carbocycles. The number of fused-ring (bicyclic) bond motifs is 1. The van der Waals surface area contributed by atoms with Crippen molar-refractivity contribution in [2.45, 2.75) is 18.9 Å². The molecule has 120 valence electrons. The van der Waals surface area contributed by atoms with Gasteiger partial charge in [-0.15, -0.1) is 0 Å². The number of nitrogens with zero attached hydrogens (tertiary/aromatic N) is 2. The van der Waals surface area contributed by atoms with Crippen molar-refractivity contribution in [2.75, 3.05) is 0 Å². The maximum atomic E-state index is 12.3. The van der Waals surface area contributed by atoms with Crippen LogP contribution in [0, 0.1) is 4.77 Å². The van der Waals surface area contributed by atoms with Crippen LogP contribution < -0.4 is 5.56 Å². The molecule has 1 aromatic carbocycles. The van der Waals surface area contributed by atoms with Gasteiger partial charge in [0.1, 0.15) is 5.65 Å². The summed E-state index contributed by atoms with van der Waals surface area (Å²) in [6.07, 6.45) is 1.88. The van der Waals surface area contributed by atoms with Crippen LogP contribution in [-0.2, 0) is 0 Å². The first-order valence-electron chi connectivity index (χ1n) is 7.54. The van der Waals surface area contributed by atoms with Gasteiger partial charge in [-0.2, -0.15) is 0 Å². The molecule has 0 aliphatic heterocycles. The Morgan fingerprint density at radius 2 is 2.00 bits per heavy atom. The first-order chi connectivity index (χ1) is 11.6. The fourth-order valence-corrected chi connectivity index (χ4v) is 3.17. The molecule has 24 heavy (non-hydrogen) atoms. The van der Waals surface area contributed by atoms with E-state index < -0.39 is 11.5 Å². The molecular formula is C17H13N3O3S. The number of nitrogens with one attached hydrogen (secondary N) is 1. The molecule has 2 heterocycles. The van der Waals surface area contributed by atoms with Gasteiger partial charge in [0, 0.05) is 11.6 Å². The topological polar surface area (TPSA) is 88.0 Å². The Hall–Kier alpha value is -2.80. The van der Waals surface area contributed by atoms with Gasteiger partial charge in [-0.1, -0.05) is 30.3 Å². The molecule has 2 N–H and O–H groups in total. The third-order valence-corrected chi connectivity index (χ3v) is 4.41. The van der Waals surface area contributed by atoms with Crippen LogP contribution in [0.15, 0.2) is 41.2 Å². The van der Waals surface area contributed by atoms with Crippen molar-refractivity contribution in [2.24, 2.45) is 0 Å². The van der Waals surface area contributed by atoms with Gasteiger partial charge in [-0.05, 0) is 31.1 Å². The number of aromatic amines is 1. The Kier molecular flexibility index (Phi) is 3.31. The molecule has 0 bridgehead atoms. The summed E-state index contributed by atoms with van der Waals surface area (Å²) < 4.78 is 2.05. The van der Waals surface area contributed by atoms with E-state index in [1.807, 2.05) is 30.3 Å². The van der Waals surface area contributed by atoms with Gasteiger partial charge >= 0.3 is 5.97 Å². The number of aromatic carboxylic acids is 1. The quantitative estimate of drug-likeness (QED) is 0.716. The van der Waals surface area contributed by atoms with E-state index >= 15 is 0 Å². The minimum atomic E-state index is -1.16. The number of carboxylic acid groups (broad SMARTS) is 1. The van der Waals surface area contributed by atoms with E-state index in [-0.39, 0.29) is 21.8 Å². The monoisotopic (exact) mass is 339 g/mol. The highest BCUT2D eigenvalue weighted by molar-refractivity contribution is 7.71. The number of pyridine rings is 1. The molecule has 4 rings (SSSR count). The average Bonchev–Trinajstić information content (AvgIpc) is 3.39.